The Morgan fingerprint density at radius 1 is 1.00 bits per heavy atom. The lowest BCUT2D eigenvalue weighted by atomic mass is 9.99. The van der Waals surface area contributed by atoms with E-state index in [-0.39, 0.29) is 5.91 Å². The predicted octanol–water partition coefficient (Wildman–Crippen LogP) is 3.81. The van der Waals surface area contributed by atoms with Crippen molar-refractivity contribution in [3.63, 3.8) is 0 Å². The maximum Gasteiger partial charge on any atom is 0.286 e. The molecule has 4 heteroatoms. The highest BCUT2D eigenvalue weighted by Crippen LogP contribution is 2.24. The smallest absolute Gasteiger partial charge is 0.286 e. The lowest BCUT2D eigenvalue weighted by Gasteiger charge is -2.30. The molecular weight excluding hydrogens is 324 g/mol. The Hall–Kier alpha value is -3.01. The number of anilines is 1. The van der Waals surface area contributed by atoms with Crippen molar-refractivity contribution in [1.29, 1.82) is 0 Å². The summed E-state index contributed by atoms with van der Waals surface area (Å²) in [6, 6.07) is 20.7. The molecule has 1 aliphatic heterocycles. The molecule has 1 amide bonds. The molecule has 2 heterocycles. The number of rotatable bonds is 5. The molecule has 1 N–H and O–H groups in total. The van der Waals surface area contributed by atoms with E-state index in [1.165, 1.54) is 28.6 Å². The molecule has 0 unspecified atom stereocenters. The Balaban J connectivity index is 1.32. The first-order chi connectivity index (χ1) is 12.8. The number of hydrogen-bond acceptors (Lipinski definition) is 3. The van der Waals surface area contributed by atoms with E-state index in [0.29, 0.717) is 12.3 Å². The second-order valence-corrected chi connectivity index (χ2v) is 6.59. The zero-order valence-electron chi connectivity index (χ0n) is 14.7. The molecule has 0 bridgehead atoms. The van der Waals surface area contributed by atoms with Crippen LogP contribution in [0.4, 0.5) is 5.69 Å². The molecule has 1 aromatic heterocycles. The predicted molar refractivity (Wildman–Crippen MR) is 102 cm³/mol. The van der Waals surface area contributed by atoms with Crippen molar-refractivity contribution in [2.75, 3.05) is 18.0 Å². The van der Waals surface area contributed by atoms with E-state index in [2.05, 4.69) is 58.7 Å². The van der Waals surface area contributed by atoms with Gasteiger partial charge in [-0.15, -0.1) is 0 Å². The van der Waals surface area contributed by atoms with E-state index in [0.717, 1.165) is 25.9 Å². The summed E-state index contributed by atoms with van der Waals surface area (Å²) in [5.74, 6) is 0.185. The standard InChI is InChI=1S/C22H22N2O2/c25-22(21-6-3-15-26-21)23-13-11-17-7-9-20(10-8-17)24-14-12-18-4-1-2-5-19(18)16-24/h1-10,15H,11-14,16H2,(H,23,25). The van der Waals surface area contributed by atoms with Crippen molar-refractivity contribution < 1.29 is 9.21 Å². The number of fused-ring (bicyclic) bond motifs is 1. The molecular formula is C22H22N2O2. The van der Waals surface area contributed by atoms with Crippen molar-refractivity contribution in [3.05, 3.63) is 89.4 Å². The average Bonchev–Trinajstić information content (AvgIpc) is 3.23. The fourth-order valence-corrected chi connectivity index (χ4v) is 3.40. The summed E-state index contributed by atoms with van der Waals surface area (Å²) >= 11 is 0. The summed E-state index contributed by atoms with van der Waals surface area (Å²) < 4.78 is 5.09. The number of nitrogens with one attached hydrogen (secondary N) is 1. The molecule has 132 valence electrons. The van der Waals surface area contributed by atoms with Gasteiger partial charge in [0.2, 0.25) is 0 Å². The highest BCUT2D eigenvalue weighted by Gasteiger charge is 2.15. The molecule has 4 rings (SSSR count). The van der Waals surface area contributed by atoms with Crippen molar-refractivity contribution in [3.8, 4) is 0 Å². The SMILES string of the molecule is O=C(NCCc1ccc(N2CCc3ccccc3C2)cc1)c1ccco1. The first kappa shape index (κ1) is 16.5. The molecule has 0 fully saturated rings. The maximum absolute atomic E-state index is 11.8. The minimum Gasteiger partial charge on any atom is -0.459 e. The lowest BCUT2D eigenvalue weighted by Crippen LogP contribution is -2.30. The number of hydrogen-bond donors (Lipinski definition) is 1. The van der Waals surface area contributed by atoms with Gasteiger partial charge in [0, 0.05) is 25.3 Å². The zero-order chi connectivity index (χ0) is 17.8. The quantitative estimate of drug-likeness (QED) is 0.764. The number of carbonyl (C=O) groups is 1. The Labute approximate surface area is 153 Å². The Morgan fingerprint density at radius 3 is 2.58 bits per heavy atom. The van der Waals surface area contributed by atoms with Crippen LogP contribution in [0.3, 0.4) is 0 Å². The Morgan fingerprint density at radius 2 is 1.81 bits per heavy atom. The highest BCUT2D eigenvalue weighted by atomic mass is 16.3. The first-order valence-corrected chi connectivity index (χ1v) is 9.02. The average molecular weight is 346 g/mol. The van der Waals surface area contributed by atoms with E-state index >= 15 is 0 Å². The van der Waals surface area contributed by atoms with Gasteiger partial charge in [0.05, 0.1) is 6.26 Å². The molecule has 0 aliphatic carbocycles. The molecule has 0 saturated carbocycles. The van der Waals surface area contributed by atoms with E-state index in [1.807, 2.05) is 0 Å². The van der Waals surface area contributed by atoms with E-state index < -0.39 is 0 Å². The third-order valence-corrected chi connectivity index (χ3v) is 4.88. The molecule has 0 saturated heterocycles. The van der Waals surface area contributed by atoms with Crippen molar-refractivity contribution >= 4 is 11.6 Å². The van der Waals surface area contributed by atoms with Gasteiger partial charge in [-0.2, -0.15) is 0 Å². The third-order valence-electron chi connectivity index (χ3n) is 4.88. The fraction of sp³-hybridized carbons (Fsp3) is 0.227. The molecule has 0 spiro atoms. The van der Waals surface area contributed by atoms with Gasteiger partial charge in [0.1, 0.15) is 0 Å². The van der Waals surface area contributed by atoms with Crippen molar-refractivity contribution in [2.45, 2.75) is 19.4 Å². The van der Waals surface area contributed by atoms with E-state index in [4.69, 9.17) is 4.42 Å². The van der Waals surface area contributed by atoms with Gasteiger partial charge >= 0.3 is 0 Å². The molecule has 0 atom stereocenters. The van der Waals surface area contributed by atoms with Crippen LogP contribution >= 0.6 is 0 Å². The zero-order valence-corrected chi connectivity index (χ0v) is 14.7. The molecule has 4 nitrogen and oxygen atoms in total. The second-order valence-electron chi connectivity index (χ2n) is 6.59. The molecule has 2 aromatic carbocycles. The summed E-state index contributed by atoms with van der Waals surface area (Å²) in [4.78, 5) is 14.3. The third kappa shape index (κ3) is 3.64. The normalized spacial score (nSPS) is 13.3. The van der Waals surface area contributed by atoms with Gasteiger partial charge < -0.3 is 14.6 Å². The number of carbonyl (C=O) groups excluding carboxylic acids is 1. The van der Waals surface area contributed by atoms with Crippen LogP contribution in [0.1, 0.15) is 27.2 Å². The van der Waals surface area contributed by atoms with Crippen LogP contribution in [-0.4, -0.2) is 19.0 Å². The molecule has 1 aliphatic rings. The van der Waals surface area contributed by atoms with Crippen LogP contribution in [-0.2, 0) is 19.4 Å². The largest absolute Gasteiger partial charge is 0.459 e. The molecule has 0 radical (unpaired) electrons. The highest BCUT2D eigenvalue weighted by molar-refractivity contribution is 5.91. The monoisotopic (exact) mass is 346 g/mol. The number of amides is 1. The minimum absolute atomic E-state index is 0.168. The van der Waals surface area contributed by atoms with Crippen molar-refractivity contribution in [1.82, 2.24) is 5.32 Å². The van der Waals surface area contributed by atoms with E-state index in [1.54, 1.807) is 12.1 Å². The van der Waals surface area contributed by atoms with Gasteiger partial charge in [-0.1, -0.05) is 36.4 Å². The Kier molecular flexibility index (Phi) is 4.73. The summed E-state index contributed by atoms with van der Waals surface area (Å²) in [5, 5.41) is 2.88. The van der Waals surface area contributed by atoms with Crippen LogP contribution in [0.15, 0.2) is 71.3 Å². The van der Waals surface area contributed by atoms with Crippen molar-refractivity contribution in [2.24, 2.45) is 0 Å². The topological polar surface area (TPSA) is 45.5 Å². The summed E-state index contributed by atoms with van der Waals surface area (Å²) in [6.07, 6.45) is 3.40. The maximum atomic E-state index is 11.8. The Bertz CT molecular complexity index is 869. The van der Waals surface area contributed by atoms with Gasteiger partial charge in [-0.25, -0.2) is 0 Å². The molecule has 3 aromatic rings. The van der Waals surface area contributed by atoms with Gasteiger partial charge in [0.25, 0.3) is 5.91 Å². The van der Waals surface area contributed by atoms with Gasteiger partial charge in [-0.05, 0) is 53.8 Å². The minimum atomic E-state index is -0.168. The van der Waals surface area contributed by atoms with Crippen LogP contribution in [0.2, 0.25) is 0 Å². The van der Waals surface area contributed by atoms with Crippen LogP contribution < -0.4 is 10.2 Å². The van der Waals surface area contributed by atoms with Crippen LogP contribution in [0.5, 0.6) is 0 Å². The molecule has 26 heavy (non-hydrogen) atoms. The number of benzene rings is 2. The van der Waals surface area contributed by atoms with Crippen LogP contribution in [0.25, 0.3) is 0 Å². The number of nitrogens with zero attached hydrogens (tertiary/aromatic N) is 1. The second kappa shape index (κ2) is 7.48. The first-order valence-electron chi connectivity index (χ1n) is 9.02. The number of furan rings is 1. The fourth-order valence-electron chi connectivity index (χ4n) is 3.40. The lowest BCUT2D eigenvalue weighted by molar-refractivity contribution is 0.0926. The summed E-state index contributed by atoms with van der Waals surface area (Å²) in [5.41, 5.74) is 5.35. The van der Waals surface area contributed by atoms with Gasteiger partial charge in [0.15, 0.2) is 5.76 Å². The van der Waals surface area contributed by atoms with Crippen LogP contribution in [0, 0.1) is 0 Å². The summed E-state index contributed by atoms with van der Waals surface area (Å²) in [7, 11) is 0. The van der Waals surface area contributed by atoms with Gasteiger partial charge in [-0.3, -0.25) is 4.79 Å². The van der Waals surface area contributed by atoms with E-state index in [9.17, 15) is 4.79 Å². The summed E-state index contributed by atoms with van der Waals surface area (Å²) in [6.45, 7) is 2.61.